The molecule has 4 rings (SSSR count). The molecule has 0 unspecified atom stereocenters. The van der Waals surface area contributed by atoms with Crippen molar-refractivity contribution >= 4 is 29.3 Å². The summed E-state index contributed by atoms with van der Waals surface area (Å²) in [4.78, 5) is 24.0. The molecule has 2 saturated heterocycles. The number of rotatable bonds is 7. The van der Waals surface area contributed by atoms with E-state index in [0.717, 1.165) is 23.5 Å². The van der Waals surface area contributed by atoms with E-state index >= 15 is 0 Å². The molecular formula is C27H31F5N6O2. The molecule has 1 aromatic carbocycles. The maximum Gasteiger partial charge on any atom is 0.389 e. The quantitative estimate of drug-likeness (QED) is 0.270. The number of hydrogen-bond donors (Lipinski definition) is 2. The first kappa shape index (κ1) is 29.2. The Labute approximate surface area is 228 Å². The first-order chi connectivity index (χ1) is 19.0. The number of aryl methyl sites for hydroxylation is 1. The Kier molecular flexibility index (Phi) is 9.23. The van der Waals surface area contributed by atoms with E-state index in [1.165, 1.54) is 4.90 Å². The van der Waals surface area contributed by atoms with Crippen LogP contribution in [0.2, 0.25) is 0 Å². The van der Waals surface area contributed by atoms with E-state index in [2.05, 4.69) is 15.3 Å². The van der Waals surface area contributed by atoms with Gasteiger partial charge in [0.15, 0.2) is 0 Å². The minimum absolute atomic E-state index is 0.0368. The smallest absolute Gasteiger partial charge is 0.389 e. The van der Waals surface area contributed by atoms with Gasteiger partial charge in [-0.1, -0.05) is 6.07 Å². The lowest BCUT2D eigenvalue weighted by Crippen LogP contribution is -2.36. The molecule has 0 saturated carbocycles. The molecule has 2 aromatic rings. The lowest BCUT2D eigenvalue weighted by atomic mass is 9.98. The van der Waals surface area contributed by atoms with E-state index in [4.69, 9.17) is 10.5 Å². The lowest BCUT2D eigenvalue weighted by molar-refractivity contribution is -0.143. The Morgan fingerprint density at radius 2 is 1.98 bits per heavy atom. The number of hydrogen-bond acceptors (Lipinski definition) is 6. The average molecular weight is 567 g/mol. The monoisotopic (exact) mass is 566 g/mol. The fourth-order valence-corrected chi connectivity index (χ4v) is 4.83. The zero-order valence-corrected chi connectivity index (χ0v) is 21.9. The molecule has 2 aliphatic heterocycles. The van der Waals surface area contributed by atoms with Crippen molar-refractivity contribution in [3.63, 3.8) is 0 Å². The highest BCUT2D eigenvalue weighted by atomic mass is 19.4. The van der Waals surface area contributed by atoms with Gasteiger partial charge in [-0.3, -0.25) is 0 Å². The Balaban J connectivity index is 1.62. The minimum atomic E-state index is -4.27. The van der Waals surface area contributed by atoms with Crippen molar-refractivity contribution in [1.29, 1.82) is 0 Å². The van der Waals surface area contributed by atoms with E-state index in [-0.39, 0.29) is 18.7 Å². The van der Waals surface area contributed by atoms with Crippen LogP contribution in [0.1, 0.15) is 24.1 Å². The molecular weight excluding hydrogens is 535 g/mol. The van der Waals surface area contributed by atoms with Crippen LogP contribution in [0.3, 0.4) is 0 Å². The van der Waals surface area contributed by atoms with Crippen molar-refractivity contribution in [2.75, 3.05) is 49.6 Å². The number of alkyl halides is 5. The van der Waals surface area contributed by atoms with Crippen molar-refractivity contribution in [2.45, 2.75) is 32.5 Å². The van der Waals surface area contributed by atoms with Crippen molar-refractivity contribution in [3.05, 3.63) is 47.8 Å². The van der Waals surface area contributed by atoms with E-state index in [1.54, 1.807) is 18.2 Å². The fourth-order valence-electron chi connectivity index (χ4n) is 4.83. The fraction of sp³-hybridized carbons (Fsp3) is 0.444. The second kappa shape index (κ2) is 12.6. The summed E-state index contributed by atoms with van der Waals surface area (Å²) in [5, 5.41) is 2.79. The van der Waals surface area contributed by atoms with E-state index < -0.39 is 31.1 Å². The van der Waals surface area contributed by atoms with Crippen LogP contribution in [0, 0.1) is 12.8 Å². The molecule has 0 radical (unpaired) electrons. The van der Waals surface area contributed by atoms with E-state index in [1.807, 2.05) is 24.0 Å². The molecule has 2 amide bonds. The Bertz CT molecular complexity index is 1260. The highest BCUT2D eigenvalue weighted by Crippen LogP contribution is 2.33. The summed E-state index contributed by atoms with van der Waals surface area (Å²) in [5.74, 6) is -0.0196. The number of nitrogens with two attached hydrogens (primary N) is 1. The largest absolute Gasteiger partial charge is 0.404 e. The molecule has 1 atom stereocenters. The second-order valence-electron chi connectivity index (χ2n) is 9.76. The van der Waals surface area contributed by atoms with E-state index in [0.29, 0.717) is 55.5 Å². The van der Waals surface area contributed by atoms with Gasteiger partial charge in [0.05, 0.1) is 18.9 Å². The number of carbonyl (C=O) groups excluding carboxylic acids is 1. The lowest BCUT2D eigenvalue weighted by Gasteiger charge is -2.28. The SMILES string of the molecule is Cc1ccc(NC(=O)N2CC[C@@H](CC(F)(F)F)C2)cc1-c1cc(C(=C/N)/C=N/C(F)F)nc(N2CCOCC2)c1. The number of benzene rings is 1. The molecule has 0 spiro atoms. The third-order valence-corrected chi connectivity index (χ3v) is 6.84. The number of morpholine rings is 1. The number of urea groups is 1. The van der Waals surface area contributed by atoms with Crippen molar-refractivity contribution in [3.8, 4) is 11.1 Å². The maximum absolute atomic E-state index is 12.8. The number of ether oxygens (including phenoxy) is 1. The summed E-state index contributed by atoms with van der Waals surface area (Å²) in [6, 6.07) is 8.39. The van der Waals surface area contributed by atoms with Crippen molar-refractivity contribution < 1.29 is 31.5 Å². The highest BCUT2D eigenvalue weighted by Gasteiger charge is 2.36. The van der Waals surface area contributed by atoms with Gasteiger partial charge < -0.3 is 25.6 Å². The number of pyridine rings is 1. The van der Waals surface area contributed by atoms with Gasteiger partial charge in [0.1, 0.15) is 5.82 Å². The standard InChI is InChI=1S/C27H31F5N6O2/c1-17-2-3-21(35-26(39)38-5-4-18(16-38)13-27(30,31)32)12-22(17)19-10-23(20(14-33)15-34-25(28)29)36-24(11-19)37-6-8-40-9-7-37/h2-3,10-12,14-15,18,25H,4-9,13,16,33H2,1H3,(H,35,39)/b20-14+,34-15+/t18-/m0/s1. The van der Waals surface area contributed by atoms with Crippen molar-refractivity contribution in [1.82, 2.24) is 9.88 Å². The van der Waals surface area contributed by atoms with E-state index in [9.17, 15) is 26.7 Å². The van der Waals surface area contributed by atoms with Gasteiger partial charge in [-0.15, -0.1) is 0 Å². The predicted molar refractivity (Wildman–Crippen MR) is 143 cm³/mol. The third-order valence-electron chi connectivity index (χ3n) is 6.84. The molecule has 3 heterocycles. The third kappa shape index (κ3) is 7.68. The summed E-state index contributed by atoms with van der Waals surface area (Å²) >= 11 is 0. The van der Waals surface area contributed by atoms with Crippen LogP contribution < -0.4 is 16.0 Å². The summed E-state index contributed by atoms with van der Waals surface area (Å²) in [6.45, 7) is 1.45. The molecule has 2 fully saturated rings. The first-order valence-corrected chi connectivity index (χ1v) is 12.8. The number of aliphatic imine (C=N–C) groups is 1. The van der Waals surface area contributed by atoms with Gasteiger partial charge >= 0.3 is 18.8 Å². The topological polar surface area (TPSA) is 96.1 Å². The number of carbonyl (C=O) groups is 1. The Hall–Kier alpha value is -3.74. The van der Waals surface area contributed by atoms with Gasteiger partial charge in [0.2, 0.25) is 0 Å². The summed E-state index contributed by atoms with van der Waals surface area (Å²) in [5.41, 5.74) is 9.07. The van der Waals surface area contributed by atoms with Crippen LogP contribution in [0.4, 0.5) is 38.3 Å². The van der Waals surface area contributed by atoms with Gasteiger partial charge in [-0.25, -0.2) is 14.8 Å². The molecule has 1 aromatic heterocycles. The van der Waals surface area contributed by atoms with Crippen LogP contribution in [0.15, 0.2) is 41.5 Å². The summed E-state index contributed by atoms with van der Waals surface area (Å²) in [6.07, 6.45) is -2.75. The molecule has 0 aliphatic carbocycles. The van der Waals surface area contributed by atoms with Crippen molar-refractivity contribution in [2.24, 2.45) is 16.6 Å². The molecule has 3 N–H and O–H groups in total. The van der Waals surface area contributed by atoms with Crippen LogP contribution in [-0.2, 0) is 4.74 Å². The number of nitrogens with zero attached hydrogens (tertiary/aromatic N) is 4. The number of likely N-dealkylation sites (tertiary alicyclic amines) is 1. The predicted octanol–water partition coefficient (Wildman–Crippen LogP) is 5.29. The van der Waals surface area contributed by atoms with Gasteiger partial charge in [0, 0.05) is 56.3 Å². The number of amides is 2. The highest BCUT2D eigenvalue weighted by molar-refractivity contribution is 6.09. The van der Waals surface area contributed by atoms with Crippen LogP contribution in [0.25, 0.3) is 16.7 Å². The first-order valence-electron chi connectivity index (χ1n) is 12.8. The number of allylic oxidation sites excluding steroid dienone is 1. The average Bonchev–Trinajstić information content (AvgIpc) is 3.37. The number of halogens is 5. The number of anilines is 2. The maximum atomic E-state index is 12.8. The Morgan fingerprint density at radius 3 is 2.65 bits per heavy atom. The van der Waals surface area contributed by atoms with Crippen LogP contribution in [0.5, 0.6) is 0 Å². The molecule has 216 valence electrons. The van der Waals surface area contributed by atoms with Crippen LogP contribution in [-0.4, -0.2) is 74.2 Å². The summed E-state index contributed by atoms with van der Waals surface area (Å²) in [7, 11) is 0. The number of aromatic nitrogens is 1. The zero-order chi connectivity index (χ0) is 28.9. The summed E-state index contributed by atoms with van der Waals surface area (Å²) < 4.78 is 69.3. The van der Waals surface area contributed by atoms with Crippen LogP contribution >= 0.6 is 0 Å². The molecule has 40 heavy (non-hydrogen) atoms. The molecule has 8 nitrogen and oxygen atoms in total. The zero-order valence-electron chi connectivity index (χ0n) is 21.9. The Morgan fingerprint density at radius 1 is 1.23 bits per heavy atom. The normalized spacial score (nSPS) is 18.7. The molecule has 2 aliphatic rings. The van der Waals surface area contributed by atoms with Gasteiger partial charge in [-0.05, 0) is 60.2 Å². The minimum Gasteiger partial charge on any atom is -0.404 e. The molecule has 0 bridgehead atoms. The van der Waals surface area contributed by atoms with Gasteiger partial charge in [-0.2, -0.15) is 22.0 Å². The van der Waals surface area contributed by atoms with Gasteiger partial charge in [0.25, 0.3) is 0 Å². The number of nitrogens with one attached hydrogen (secondary N) is 1. The molecule has 13 heteroatoms. The second-order valence-corrected chi connectivity index (χ2v) is 9.76.